The Morgan fingerprint density at radius 2 is 1.41 bits per heavy atom. The number of benzene rings is 1. The van der Waals surface area contributed by atoms with Crippen LogP contribution in [0.4, 0.5) is 11.9 Å². The highest BCUT2D eigenvalue weighted by Gasteiger charge is 2.08. The van der Waals surface area contributed by atoms with Gasteiger partial charge in [-0.05, 0) is 18.6 Å². The number of unbranched alkanes of at least 4 members (excludes halogenated alkanes) is 5. The third-order valence-corrected chi connectivity index (χ3v) is 4.54. The molecule has 9 nitrogen and oxygen atoms in total. The van der Waals surface area contributed by atoms with Gasteiger partial charge in [-0.1, -0.05) is 57.2 Å². The zero-order valence-electron chi connectivity index (χ0n) is 19.2. The molecule has 0 bridgehead atoms. The number of nitrogens with one attached hydrogen (secondary N) is 2. The van der Waals surface area contributed by atoms with Crippen LogP contribution in [-0.2, 0) is 9.47 Å². The normalized spacial score (nSPS) is 10.8. The summed E-state index contributed by atoms with van der Waals surface area (Å²) in [7, 11) is 0. The maximum absolute atomic E-state index is 5.81. The molecule has 4 N–H and O–H groups in total. The Morgan fingerprint density at radius 3 is 2.12 bits per heavy atom. The van der Waals surface area contributed by atoms with Gasteiger partial charge in [-0.15, -0.1) is 0 Å². The molecule has 2 rings (SSSR count). The molecule has 1 aromatic heterocycles. The molecular formula is C23H38N6O3. The summed E-state index contributed by atoms with van der Waals surface area (Å²) in [6, 6.07) is 9.71. The Morgan fingerprint density at radius 1 is 0.750 bits per heavy atom. The summed E-state index contributed by atoms with van der Waals surface area (Å²) in [6.45, 7) is 6.22. The van der Waals surface area contributed by atoms with E-state index in [-0.39, 0.29) is 6.01 Å². The molecule has 32 heavy (non-hydrogen) atoms. The van der Waals surface area contributed by atoms with Crippen LogP contribution in [0.15, 0.2) is 30.3 Å². The number of rotatable bonds is 19. The number of anilines is 2. The zero-order chi connectivity index (χ0) is 22.7. The van der Waals surface area contributed by atoms with Gasteiger partial charge < -0.3 is 30.6 Å². The van der Waals surface area contributed by atoms with Gasteiger partial charge in [0.15, 0.2) is 0 Å². The van der Waals surface area contributed by atoms with Crippen LogP contribution in [0.1, 0.15) is 45.4 Å². The van der Waals surface area contributed by atoms with Crippen LogP contribution in [0, 0.1) is 0 Å². The summed E-state index contributed by atoms with van der Waals surface area (Å²) in [5.41, 5.74) is 5.38. The van der Waals surface area contributed by atoms with Gasteiger partial charge in [0.05, 0.1) is 26.4 Å². The summed E-state index contributed by atoms with van der Waals surface area (Å²) in [5, 5.41) is 6.46. The number of para-hydroxylation sites is 1. The largest absolute Gasteiger partial charge is 0.424 e. The first kappa shape index (κ1) is 25.8. The molecule has 178 valence electrons. The van der Waals surface area contributed by atoms with E-state index >= 15 is 0 Å². The molecule has 0 saturated carbocycles. The summed E-state index contributed by atoms with van der Waals surface area (Å²) in [5.74, 6) is 1.62. The Labute approximate surface area is 191 Å². The fraction of sp³-hybridized carbons (Fsp3) is 0.609. The zero-order valence-corrected chi connectivity index (χ0v) is 19.2. The first-order valence-electron chi connectivity index (χ1n) is 11.6. The third-order valence-electron chi connectivity index (χ3n) is 4.54. The molecule has 0 unspecified atom stereocenters. The number of ether oxygens (including phenoxy) is 3. The summed E-state index contributed by atoms with van der Waals surface area (Å²) >= 11 is 0. The lowest BCUT2D eigenvalue weighted by Gasteiger charge is -2.11. The van der Waals surface area contributed by atoms with Crippen molar-refractivity contribution in [2.24, 2.45) is 5.73 Å². The molecular weight excluding hydrogens is 408 g/mol. The van der Waals surface area contributed by atoms with Crippen molar-refractivity contribution < 1.29 is 14.2 Å². The quantitative estimate of drug-likeness (QED) is 0.277. The Kier molecular flexibility index (Phi) is 13.8. The lowest BCUT2D eigenvalue weighted by molar-refractivity contribution is 0.0547. The van der Waals surface area contributed by atoms with Gasteiger partial charge in [0.1, 0.15) is 5.75 Å². The molecule has 0 amide bonds. The van der Waals surface area contributed by atoms with E-state index in [0.29, 0.717) is 57.2 Å². The fourth-order valence-corrected chi connectivity index (χ4v) is 2.90. The SMILES string of the molecule is CCCCCCCCNc1nc(NCCOCCOCCN)nc(Oc2ccccc2)n1. The van der Waals surface area contributed by atoms with Gasteiger partial charge in [0, 0.05) is 19.6 Å². The molecule has 0 spiro atoms. The van der Waals surface area contributed by atoms with Gasteiger partial charge in [-0.2, -0.15) is 15.0 Å². The second kappa shape index (κ2) is 17.1. The van der Waals surface area contributed by atoms with Crippen LogP contribution in [0.5, 0.6) is 11.8 Å². The van der Waals surface area contributed by atoms with E-state index in [1.807, 2.05) is 30.3 Å². The van der Waals surface area contributed by atoms with Crippen LogP contribution < -0.4 is 21.1 Å². The highest BCUT2D eigenvalue weighted by molar-refractivity contribution is 5.37. The standard InChI is InChI=1S/C23H38N6O3/c1-2-3-4-5-6-10-14-25-21-27-22(26-15-17-31-19-18-30-16-13-24)29-23(28-21)32-20-11-8-7-9-12-20/h7-9,11-12H,2-6,10,13-19,24H2,1H3,(H2,25,26,27,28,29). The van der Waals surface area contributed by atoms with Crippen molar-refractivity contribution in [3.8, 4) is 11.8 Å². The number of aromatic nitrogens is 3. The topological polar surface area (TPSA) is 116 Å². The van der Waals surface area contributed by atoms with Crippen LogP contribution in [0.3, 0.4) is 0 Å². The molecule has 0 fully saturated rings. The van der Waals surface area contributed by atoms with E-state index in [9.17, 15) is 0 Å². The van der Waals surface area contributed by atoms with Crippen LogP contribution >= 0.6 is 0 Å². The van der Waals surface area contributed by atoms with Crippen molar-refractivity contribution in [2.75, 3.05) is 56.7 Å². The summed E-state index contributed by atoms with van der Waals surface area (Å²) in [4.78, 5) is 13.2. The first-order valence-corrected chi connectivity index (χ1v) is 11.6. The Bertz CT molecular complexity index is 720. The minimum Gasteiger partial charge on any atom is -0.424 e. The molecule has 1 aromatic carbocycles. The van der Waals surface area contributed by atoms with E-state index < -0.39 is 0 Å². The predicted molar refractivity (Wildman–Crippen MR) is 127 cm³/mol. The number of hydrogen-bond acceptors (Lipinski definition) is 9. The molecule has 0 radical (unpaired) electrons. The molecule has 0 aliphatic rings. The number of nitrogens with zero attached hydrogens (tertiary/aromatic N) is 3. The van der Waals surface area contributed by atoms with Crippen molar-refractivity contribution in [3.63, 3.8) is 0 Å². The highest BCUT2D eigenvalue weighted by atomic mass is 16.5. The summed E-state index contributed by atoms with van der Waals surface area (Å²) < 4.78 is 16.6. The van der Waals surface area contributed by atoms with Gasteiger partial charge in [-0.3, -0.25) is 0 Å². The second-order valence-electron chi connectivity index (χ2n) is 7.32. The first-order chi connectivity index (χ1) is 15.8. The average Bonchev–Trinajstić information content (AvgIpc) is 2.81. The molecule has 9 heteroatoms. The Hall–Kier alpha value is -2.49. The maximum Gasteiger partial charge on any atom is 0.328 e. The van der Waals surface area contributed by atoms with Gasteiger partial charge >= 0.3 is 6.01 Å². The Balaban J connectivity index is 1.83. The monoisotopic (exact) mass is 446 g/mol. The molecule has 0 atom stereocenters. The molecule has 0 saturated heterocycles. The molecule has 1 heterocycles. The molecule has 0 aliphatic heterocycles. The predicted octanol–water partition coefficient (Wildman–Crippen LogP) is 3.84. The van der Waals surface area contributed by atoms with Crippen molar-refractivity contribution in [1.29, 1.82) is 0 Å². The summed E-state index contributed by atoms with van der Waals surface area (Å²) in [6.07, 6.45) is 7.40. The second-order valence-corrected chi connectivity index (χ2v) is 7.32. The maximum atomic E-state index is 5.81. The van der Waals surface area contributed by atoms with E-state index in [1.54, 1.807) is 0 Å². The lowest BCUT2D eigenvalue weighted by atomic mass is 10.1. The molecule has 2 aromatic rings. The van der Waals surface area contributed by atoms with E-state index in [0.717, 1.165) is 13.0 Å². The minimum absolute atomic E-state index is 0.246. The molecule has 0 aliphatic carbocycles. The average molecular weight is 447 g/mol. The van der Waals surface area contributed by atoms with Gasteiger partial charge in [-0.25, -0.2) is 0 Å². The highest BCUT2D eigenvalue weighted by Crippen LogP contribution is 2.19. The van der Waals surface area contributed by atoms with E-state index in [1.165, 1.54) is 32.1 Å². The van der Waals surface area contributed by atoms with E-state index in [4.69, 9.17) is 19.9 Å². The van der Waals surface area contributed by atoms with Gasteiger partial charge in [0.25, 0.3) is 0 Å². The van der Waals surface area contributed by atoms with Crippen LogP contribution in [0.25, 0.3) is 0 Å². The van der Waals surface area contributed by atoms with Crippen molar-refractivity contribution in [3.05, 3.63) is 30.3 Å². The van der Waals surface area contributed by atoms with Gasteiger partial charge in [0.2, 0.25) is 11.9 Å². The van der Waals surface area contributed by atoms with Crippen LogP contribution in [-0.4, -0.2) is 61.0 Å². The number of nitrogens with two attached hydrogens (primary N) is 1. The smallest absolute Gasteiger partial charge is 0.328 e. The number of hydrogen-bond donors (Lipinski definition) is 3. The third kappa shape index (κ3) is 11.8. The van der Waals surface area contributed by atoms with Crippen molar-refractivity contribution in [2.45, 2.75) is 45.4 Å². The van der Waals surface area contributed by atoms with Crippen LogP contribution in [0.2, 0.25) is 0 Å². The van der Waals surface area contributed by atoms with E-state index in [2.05, 4.69) is 32.5 Å². The van der Waals surface area contributed by atoms with Crippen molar-refractivity contribution >= 4 is 11.9 Å². The lowest BCUT2D eigenvalue weighted by Crippen LogP contribution is -2.16. The minimum atomic E-state index is 0.246. The fourth-order valence-electron chi connectivity index (χ4n) is 2.90. The van der Waals surface area contributed by atoms with Crippen molar-refractivity contribution in [1.82, 2.24) is 15.0 Å².